The molecule has 1 rings (SSSR count). The van der Waals surface area contributed by atoms with Gasteiger partial charge >= 0.3 is 5.97 Å². The van der Waals surface area contributed by atoms with Gasteiger partial charge in [-0.15, -0.1) is 0 Å². The summed E-state index contributed by atoms with van der Waals surface area (Å²) in [6.07, 6.45) is 0.205. The van der Waals surface area contributed by atoms with Gasteiger partial charge in [0.25, 0.3) is 0 Å². The third-order valence-corrected chi connectivity index (χ3v) is 2.15. The van der Waals surface area contributed by atoms with Gasteiger partial charge in [-0.1, -0.05) is 6.92 Å². The third kappa shape index (κ3) is 4.34. The van der Waals surface area contributed by atoms with E-state index in [2.05, 4.69) is 0 Å². The Kier molecular flexibility index (Phi) is 5.33. The van der Waals surface area contributed by atoms with Gasteiger partial charge in [0.2, 0.25) is 0 Å². The summed E-state index contributed by atoms with van der Waals surface area (Å²) in [5.41, 5.74) is 0. The molecule has 0 aliphatic rings. The van der Waals surface area contributed by atoms with Crippen LogP contribution in [0, 0.1) is 0 Å². The highest BCUT2D eigenvalue weighted by atomic mass is 16.6. The molecule has 1 unspecified atom stereocenters. The maximum Gasteiger partial charge on any atom is 0.347 e. The van der Waals surface area contributed by atoms with Crippen molar-refractivity contribution >= 4 is 5.97 Å². The molecule has 0 saturated carbocycles. The highest BCUT2D eigenvalue weighted by molar-refractivity contribution is 5.74. The minimum atomic E-state index is -0.602. The molecule has 0 fully saturated rings. The van der Waals surface area contributed by atoms with Crippen molar-refractivity contribution in [2.75, 3.05) is 13.7 Å². The molecule has 4 nitrogen and oxygen atoms in total. The van der Waals surface area contributed by atoms with Crippen molar-refractivity contribution in [2.45, 2.75) is 26.4 Å². The summed E-state index contributed by atoms with van der Waals surface area (Å²) >= 11 is 0. The van der Waals surface area contributed by atoms with Gasteiger partial charge in [-0.25, -0.2) is 4.79 Å². The fraction of sp³-hybridized carbons (Fsp3) is 0.462. The molecule has 0 heterocycles. The van der Waals surface area contributed by atoms with E-state index in [1.807, 2.05) is 6.92 Å². The van der Waals surface area contributed by atoms with Gasteiger partial charge in [0.15, 0.2) is 6.10 Å². The second kappa shape index (κ2) is 6.78. The Morgan fingerprint density at radius 1 is 1.24 bits per heavy atom. The Hall–Kier alpha value is -1.71. The first-order valence-corrected chi connectivity index (χ1v) is 5.64. The van der Waals surface area contributed by atoms with E-state index in [-0.39, 0.29) is 5.97 Å². The topological polar surface area (TPSA) is 44.8 Å². The Balaban J connectivity index is 2.49. The lowest BCUT2D eigenvalue weighted by molar-refractivity contribution is -0.151. The first-order chi connectivity index (χ1) is 8.17. The van der Waals surface area contributed by atoms with Gasteiger partial charge in [0.05, 0.1) is 13.7 Å². The van der Waals surface area contributed by atoms with Crippen molar-refractivity contribution in [3.05, 3.63) is 24.3 Å². The van der Waals surface area contributed by atoms with Gasteiger partial charge in [-0.3, -0.25) is 0 Å². The summed E-state index contributed by atoms with van der Waals surface area (Å²) in [6, 6.07) is 7.06. The van der Waals surface area contributed by atoms with Crippen molar-refractivity contribution in [1.82, 2.24) is 0 Å². The van der Waals surface area contributed by atoms with Crippen LogP contribution in [-0.2, 0) is 9.53 Å². The minimum Gasteiger partial charge on any atom is -0.497 e. The predicted octanol–water partition coefficient (Wildman–Crippen LogP) is 2.42. The van der Waals surface area contributed by atoms with E-state index in [1.54, 1.807) is 38.3 Å². The van der Waals surface area contributed by atoms with Crippen molar-refractivity contribution in [3.63, 3.8) is 0 Å². The molecule has 94 valence electrons. The van der Waals surface area contributed by atoms with Gasteiger partial charge < -0.3 is 14.2 Å². The van der Waals surface area contributed by atoms with Crippen LogP contribution in [0.15, 0.2) is 24.3 Å². The standard InChI is InChI=1S/C13H18O4/c1-4-9-16-13(14)10(2)17-12-7-5-11(15-3)6-8-12/h5-8,10H,4,9H2,1-3H3. The van der Waals surface area contributed by atoms with Crippen LogP contribution < -0.4 is 9.47 Å². The zero-order valence-corrected chi connectivity index (χ0v) is 10.4. The molecule has 1 aromatic carbocycles. The second-order valence-electron chi connectivity index (χ2n) is 3.60. The maximum absolute atomic E-state index is 11.5. The number of esters is 1. The summed E-state index contributed by atoms with van der Waals surface area (Å²) in [6.45, 7) is 4.04. The summed E-state index contributed by atoms with van der Waals surface area (Å²) in [4.78, 5) is 11.5. The summed E-state index contributed by atoms with van der Waals surface area (Å²) in [7, 11) is 1.60. The minimum absolute atomic E-state index is 0.345. The van der Waals surface area contributed by atoms with Crippen LogP contribution in [0.25, 0.3) is 0 Å². The summed E-state index contributed by atoms with van der Waals surface area (Å²) < 4.78 is 15.5. The first kappa shape index (κ1) is 13.4. The molecule has 4 heteroatoms. The lowest BCUT2D eigenvalue weighted by atomic mass is 10.3. The lowest BCUT2D eigenvalue weighted by Crippen LogP contribution is -2.26. The maximum atomic E-state index is 11.5. The zero-order valence-electron chi connectivity index (χ0n) is 10.4. The average molecular weight is 238 g/mol. The Labute approximate surface area is 101 Å². The Morgan fingerprint density at radius 2 is 1.82 bits per heavy atom. The number of carbonyl (C=O) groups excluding carboxylic acids is 1. The zero-order chi connectivity index (χ0) is 12.7. The van der Waals surface area contributed by atoms with Crippen LogP contribution >= 0.6 is 0 Å². The van der Waals surface area contributed by atoms with Crippen molar-refractivity contribution in [3.8, 4) is 11.5 Å². The quantitative estimate of drug-likeness (QED) is 0.714. The van der Waals surface area contributed by atoms with Crippen LogP contribution in [0.4, 0.5) is 0 Å². The molecular weight excluding hydrogens is 220 g/mol. The highest BCUT2D eigenvalue weighted by Gasteiger charge is 2.15. The molecule has 17 heavy (non-hydrogen) atoms. The van der Waals surface area contributed by atoms with Crippen LogP contribution in [0.1, 0.15) is 20.3 Å². The second-order valence-corrected chi connectivity index (χ2v) is 3.60. The lowest BCUT2D eigenvalue weighted by Gasteiger charge is -2.13. The number of carbonyl (C=O) groups is 1. The van der Waals surface area contributed by atoms with Crippen LogP contribution in [0.3, 0.4) is 0 Å². The molecule has 0 saturated heterocycles. The molecule has 0 amide bonds. The van der Waals surface area contributed by atoms with Crippen molar-refractivity contribution < 1.29 is 19.0 Å². The van der Waals surface area contributed by atoms with Crippen molar-refractivity contribution in [2.24, 2.45) is 0 Å². The number of rotatable bonds is 6. The van der Waals surface area contributed by atoms with E-state index in [1.165, 1.54) is 0 Å². The molecule has 0 aliphatic carbocycles. The largest absolute Gasteiger partial charge is 0.497 e. The first-order valence-electron chi connectivity index (χ1n) is 5.64. The molecule has 1 atom stereocenters. The van der Waals surface area contributed by atoms with Gasteiger partial charge in [0, 0.05) is 0 Å². The van der Waals surface area contributed by atoms with E-state index in [0.717, 1.165) is 12.2 Å². The molecule has 0 aromatic heterocycles. The number of benzene rings is 1. The summed E-state index contributed by atoms with van der Waals surface area (Å²) in [5.74, 6) is 1.02. The fourth-order valence-electron chi connectivity index (χ4n) is 1.23. The van der Waals surface area contributed by atoms with Crippen LogP contribution in [0.5, 0.6) is 11.5 Å². The van der Waals surface area contributed by atoms with E-state index in [4.69, 9.17) is 14.2 Å². The van der Waals surface area contributed by atoms with E-state index in [0.29, 0.717) is 12.4 Å². The smallest absolute Gasteiger partial charge is 0.347 e. The van der Waals surface area contributed by atoms with Gasteiger partial charge in [0.1, 0.15) is 11.5 Å². The SMILES string of the molecule is CCCOC(=O)C(C)Oc1ccc(OC)cc1. The van der Waals surface area contributed by atoms with Gasteiger partial charge in [-0.2, -0.15) is 0 Å². The third-order valence-electron chi connectivity index (χ3n) is 2.15. The predicted molar refractivity (Wildman–Crippen MR) is 64.3 cm³/mol. The molecule has 0 spiro atoms. The monoisotopic (exact) mass is 238 g/mol. The number of ether oxygens (including phenoxy) is 3. The molecule has 0 N–H and O–H groups in total. The normalized spacial score (nSPS) is 11.7. The van der Waals surface area contributed by atoms with E-state index in [9.17, 15) is 4.79 Å². The number of hydrogen-bond donors (Lipinski definition) is 0. The number of methoxy groups -OCH3 is 1. The summed E-state index contributed by atoms with van der Waals surface area (Å²) in [5, 5.41) is 0. The molecule has 0 radical (unpaired) electrons. The fourth-order valence-corrected chi connectivity index (χ4v) is 1.23. The van der Waals surface area contributed by atoms with E-state index >= 15 is 0 Å². The van der Waals surface area contributed by atoms with Crippen LogP contribution in [0.2, 0.25) is 0 Å². The molecular formula is C13H18O4. The Bertz CT molecular complexity index is 345. The van der Waals surface area contributed by atoms with E-state index < -0.39 is 6.10 Å². The number of hydrogen-bond acceptors (Lipinski definition) is 4. The average Bonchev–Trinajstić information content (AvgIpc) is 2.36. The molecule has 1 aromatic rings. The highest BCUT2D eigenvalue weighted by Crippen LogP contribution is 2.18. The molecule has 0 aliphatic heterocycles. The van der Waals surface area contributed by atoms with Crippen LogP contribution in [-0.4, -0.2) is 25.8 Å². The molecule has 0 bridgehead atoms. The Morgan fingerprint density at radius 3 is 2.35 bits per heavy atom. The van der Waals surface area contributed by atoms with Crippen molar-refractivity contribution in [1.29, 1.82) is 0 Å². The van der Waals surface area contributed by atoms with Gasteiger partial charge in [-0.05, 0) is 37.6 Å².